The highest BCUT2D eigenvalue weighted by atomic mass is 19.4. The number of hydrogen-bond donors (Lipinski definition) is 0. The fourth-order valence-corrected chi connectivity index (χ4v) is 1.99. The quantitative estimate of drug-likeness (QED) is 0.632. The zero-order valence-corrected chi connectivity index (χ0v) is 10.3. The molecule has 20 heavy (non-hydrogen) atoms. The van der Waals surface area contributed by atoms with E-state index in [2.05, 4.69) is 0 Å². The van der Waals surface area contributed by atoms with E-state index in [1.165, 1.54) is 12.1 Å². The Bertz CT molecular complexity index is 609. The Balaban J connectivity index is 2.70. The van der Waals surface area contributed by atoms with Crippen LogP contribution in [0.2, 0.25) is 0 Å². The molecule has 0 aliphatic rings. The summed E-state index contributed by atoms with van der Waals surface area (Å²) in [6.45, 7) is 0.164. The maximum Gasteiger partial charge on any atom is 0.406 e. The molecule has 0 heterocycles. The van der Waals surface area contributed by atoms with Crippen LogP contribution in [0.15, 0.2) is 42.5 Å². The van der Waals surface area contributed by atoms with Crippen LogP contribution in [0.5, 0.6) is 0 Å². The number of benzene rings is 2. The molecule has 0 aliphatic carbocycles. The van der Waals surface area contributed by atoms with E-state index in [1.807, 2.05) is 0 Å². The highest BCUT2D eigenvalue weighted by Crippen LogP contribution is 2.51. The molecule has 0 saturated carbocycles. The predicted molar refractivity (Wildman–Crippen MR) is 63.4 cm³/mol. The fourth-order valence-electron chi connectivity index (χ4n) is 1.99. The van der Waals surface area contributed by atoms with E-state index < -0.39 is 23.3 Å². The Morgan fingerprint density at radius 3 is 1.70 bits per heavy atom. The lowest BCUT2D eigenvalue weighted by Crippen LogP contribution is -2.51. The Morgan fingerprint density at radius 1 is 0.700 bits per heavy atom. The van der Waals surface area contributed by atoms with E-state index in [0.29, 0.717) is 10.8 Å². The van der Waals surface area contributed by atoms with Crippen LogP contribution >= 0.6 is 0 Å². The summed E-state index contributed by atoms with van der Waals surface area (Å²) in [6.07, 6.45) is -10.8. The summed E-state index contributed by atoms with van der Waals surface area (Å²) < 4.78 is 77.8. The highest BCUT2D eigenvalue weighted by molar-refractivity contribution is 5.83. The molecule has 0 amide bonds. The van der Waals surface area contributed by atoms with E-state index in [4.69, 9.17) is 0 Å². The van der Waals surface area contributed by atoms with Crippen molar-refractivity contribution in [1.82, 2.24) is 0 Å². The Hall–Kier alpha value is -1.72. The minimum Gasteiger partial charge on any atom is -0.170 e. The molecule has 0 N–H and O–H groups in total. The van der Waals surface area contributed by atoms with Crippen LogP contribution in [-0.2, 0) is 5.41 Å². The third-order valence-electron chi connectivity index (χ3n) is 3.46. The average Bonchev–Trinajstić information content (AvgIpc) is 2.34. The van der Waals surface area contributed by atoms with Gasteiger partial charge in [-0.3, -0.25) is 0 Å². The van der Waals surface area contributed by atoms with Crippen molar-refractivity contribution >= 4 is 10.8 Å². The Morgan fingerprint density at radius 2 is 1.20 bits per heavy atom. The van der Waals surface area contributed by atoms with Gasteiger partial charge in [0.2, 0.25) is 0 Å². The van der Waals surface area contributed by atoms with E-state index >= 15 is 0 Å². The van der Waals surface area contributed by atoms with Gasteiger partial charge in [0, 0.05) is 0 Å². The largest absolute Gasteiger partial charge is 0.406 e. The second-order valence-electron chi connectivity index (χ2n) is 4.68. The lowest BCUT2D eigenvalue weighted by molar-refractivity contribution is -0.297. The molecular formula is C14H10F6. The topological polar surface area (TPSA) is 0 Å². The van der Waals surface area contributed by atoms with Crippen molar-refractivity contribution in [2.75, 3.05) is 0 Å². The number of hydrogen-bond acceptors (Lipinski definition) is 0. The summed E-state index contributed by atoms with van der Waals surface area (Å²) in [4.78, 5) is 0. The number of alkyl halides is 6. The molecule has 6 heteroatoms. The molecule has 2 aromatic carbocycles. The zero-order valence-electron chi connectivity index (χ0n) is 10.3. The second kappa shape index (κ2) is 4.40. The number of rotatable bonds is 1. The van der Waals surface area contributed by atoms with Crippen molar-refractivity contribution < 1.29 is 26.3 Å². The van der Waals surface area contributed by atoms with Gasteiger partial charge in [0.25, 0.3) is 0 Å². The third kappa shape index (κ3) is 2.13. The summed E-state index contributed by atoms with van der Waals surface area (Å²) in [7, 11) is 0. The third-order valence-corrected chi connectivity index (χ3v) is 3.46. The summed E-state index contributed by atoms with van der Waals surface area (Å²) in [5.74, 6) is 0. The molecule has 0 nitrogen and oxygen atoms in total. The van der Waals surface area contributed by atoms with E-state index in [1.54, 1.807) is 18.2 Å². The smallest absolute Gasteiger partial charge is 0.170 e. The van der Waals surface area contributed by atoms with Crippen LogP contribution in [-0.4, -0.2) is 12.4 Å². The average molecular weight is 292 g/mol. The minimum absolute atomic E-state index is 0.164. The molecule has 0 saturated heterocycles. The van der Waals surface area contributed by atoms with Crippen molar-refractivity contribution in [3.05, 3.63) is 48.0 Å². The number of halogens is 6. The van der Waals surface area contributed by atoms with Gasteiger partial charge in [-0.2, -0.15) is 26.3 Å². The molecule has 108 valence electrons. The molecule has 0 spiro atoms. The summed E-state index contributed by atoms with van der Waals surface area (Å²) in [5.41, 5.74) is -4.69. The summed E-state index contributed by atoms with van der Waals surface area (Å²) >= 11 is 0. The normalized spacial score (nSPS) is 13.8. The number of fused-ring (bicyclic) bond motifs is 1. The van der Waals surface area contributed by atoms with Crippen LogP contribution in [0.1, 0.15) is 12.5 Å². The zero-order chi connectivity index (χ0) is 15.2. The second-order valence-corrected chi connectivity index (χ2v) is 4.68. The van der Waals surface area contributed by atoms with Gasteiger partial charge >= 0.3 is 12.4 Å². The van der Waals surface area contributed by atoms with Crippen LogP contribution in [0, 0.1) is 0 Å². The first-order chi connectivity index (χ1) is 9.07. The lowest BCUT2D eigenvalue weighted by atomic mass is 9.80. The first-order valence-electron chi connectivity index (χ1n) is 5.70. The molecule has 2 rings (SSSR count). The molecule has 0 atom stereocenters. The van der Waals surface area contributed by atoms with Gasteiger partial charge in [0.1, 0.15) is 0 Å². The molecule has 0 fully saturated rings. The maximum absolute atomic E-state index is 13.0. The monoisotopic (exact) mass is 292 g/mol. The highest BCUT2D eigenvalue weighted by Gasteiger charge is 2.68. The molecule has 0 aliphatic heterocycles. The molecule has 0 unspecified atom stereocenters. The summed E-state index contributed by atoms with van der Waals surface area (Å²) in [5, 5.41) is 0.924. The van der Waals surface area contributed by atoms with Gasteiger partial charge < -0.3 is 0 Å². The maximum atomic E-state index is 13.0. The molecule has 2 aromatic rings. The molecular weight excluding hydrogens is 282 g/mol. The molecule has 0 aromatic heterocycles. The predicted octanol–water partition coefficient (Wildman–Crippen LogP) is 5.22. The van der Waals surface area contributed by atoms with Crippen LogP contribution in [0.4, 0.5) is 26.3 Å². The van der Waals surface area contributed by atoms with Gasteiger partial charge in [-0.05, 0) is 29.3 Å². The van der Waals surface area contributed by atoms with Crippen molar-refractivity contribution in [2.45, 2.75) is 24.7 Å². The molecule has 0 bridgehead atoms. The minimum atomic E-state index is -5.42. The van der Waals surface area contributed by atoms with Gasteiger partial charge in [-0.25, -0.2) is 0 Å². The van der Waals surface area contributed by atoms with Gasteiger partial charge in [-0.1, -0.05) is 36.4 Å². The Labute approximate surface area is 111 Å². The van der Waals surface area contributed by atoms with E-state index in [-0.39, 0.29) is 6.92 Å². The van der Waals surface area contributed by atoms with Gasteiger partial charge in [0.05, 0.1) is 0 Å². The fraction of sp³-hybridized carbons (Fsp3) is 0.286. The lowest BCUT2D eigenvalue weighted by Gasteiger charge is -2.34. The van der Waals surface area contributed by atoms with E-state index in [0.717, 1.165) is 12.1 Å². The van der Waals surface area contributed by atoms with Crippen LogP contribution in [0.3, 0.4) is 0 Å². The Kier molecular flexibility index (Phi) is 3.23. The first-order valence-corrected chi connectivity index (χ1v) is 5.70. The first kappa shape index (κ1) is 14.7. The van der Waals surface area contributed by atoms with Crippen LogP contribution in [0.25, 0.3) is 10.8 Å². The van der Waals surface area contributed by atoms with Gasteiger partial charge in [-0.15, -0.1) is 0 Å². The van der Waals surface area contributed by atoms with Gasteiger partial charge in [0.15, 0.2) is 5.41 Å². The van der Waals surface area contributed by atoms with E-state index in [9.17, 15) is 26.3 Å². The molecule has 0 radical (unpaired) electrons. The van der Waals surface area contributed by atoms with Crippen molar-refractivity contribution in [3.63, 3.8) is 0 Å². The summed E-state index contributed by atoms with van der Waals surface area (Å²) in [6, 6.07) is 9.41. The van der Waals surface area contributed by atoms with Crippen molar-refractivity contribution in [2.24, 2.45) is 0 Å². The van der Waals surface area contributed by atoms with Crippen LogP contribution < -0.4 is 0 Å². The van der Waals surface area contributed by atoms with Crippen molar-refractivity contribution in [3.8, 4) is 0 Å². The standard InChI is InChI=1S/C14H10F6/c1-12(13(15,16)17,14(18,19)20)11-7-6-9-4-2-3-5-10(9)8-11/h2-8H,1H3. The van der Waals surface area contributed by atoms with Crippen molar-refractivity contribution in [1.29, 1.82) is 0 Å². The SMILES string of the molecule is CC(c1ccc2ccccc2c1)(C(F)(F)F)C(F)(F)F.